The fraction of sp³-hybridized carbons (Fsp3) is 0.571. The Bertz CT molecular complexity index is 362. The first-order valence-corrected chi connectivity index (χ1v) is 7.15. The number of nitrogens with zero attached hydrogens (tertiary/aromatic N) is 1. The van der Waals surface area contributed by atoms with Crippen LogP contribution < -0.4 is 0 Å². The molecule has 88 valence electrons. The molecule has 0 aliphatic carbocycles. The number of halogens is 1. The van der Waals surface area contributed by atoms with E-state index in [9.17, 15) is 0 Å². The molecular formula is C14H20BrN. The highest BCUT2D eigenvalue weighted by Crippen LogP contribution is 2.21. The number of benzene rings is 1. The molecule has 1 aliphatic rings. The Morgan fingerprint density at radius 1 is 1.38 bits per heavy atom. The van der Waals surface area contributed by atoms with Crippen molar-refractivity contribution in [2.24, 2.45) is 5.92 Å². The van der Waals surface area contributed by atoms with Gasteiger partial charge in [0.05, 0.1) is 0 Å². The molecule has 1 aromatic rings. The van der Waals surface area contributed by atoms with Crippen LogP contribution in [0.3, 0.4) is 0 Å². The van der Waals surface area contributed by atoms with Crippen molar-refractivity contribution >= 4 is 15.9 Å². The molecule has 1 nitrogen and oxygen atoms in total. The minimum atomic E-state index is 0.852. The zero-order chi connectivity index (χ0) is 11.5. The van der Waals surface area contributed by atoms with Crippen molar-refractivity contribution < 1.29 is 0 Å². The van der Waals surface area contributed by atoms with E-state index in [0.717, 1.165) is 17.8 Å². The quantitative estimate of drug-likeness (QED) is 0.767. The van der Waals surface area contributed by atoms with E-state index in [-0.39, 0.29) is 0 Å². The first kappa shape index (κ1) is 12.1. The lowest BCUT2D eigenvalue weighted by Gasteiger charge is -2.17. The highest BCUT2D eigenvalue weighted by Gasteiger charge is 2.21. The van der Waals surface area contributed by atoms with Crippen LogP contribution in [0.1, 0.15) is 23.1 Å². The Kier molecular flexibility index (Phi) is 4.04. The van der Waals surface area contributed by atoms with Crippen molar-refractivity contribution in [2.45, 2.75) is 26.8 Å². The van der Waals surface area contributed by atoms with Crippen LogP contribution in [0.25, 0.3) is 0 Å². The highest BCUT2D eigenvalue weighted by atomic mass is 79.9. The summed E-state index contributed by atoms with van der Waals surface area (Å²) in [5.41, 5.74) is 4.29. The van der Waals surface area contributed by atoms with Crippen LogP contribution >= 0.6 is 15.9 Å². The molecule has 2 rings (SSSR count). The molecule has 1 aliphatic heterocycles. The van der Waals surface area contributed by atoms with Gasteiger partial charge in [0, 0.05) is 18.4 Å². The second-order valence-electron chi connectivity index (χ2n) is 4.97. The number of likely N-dealkylation sites (tertiary alicyclic amines) is 1. The summed E-state index contributed by atoms with van der Waals surface area (Å²) in [6.07, 6.45) is 1.34. The third-order valence-corrected chi connectivity index (χ3v) is 4.40. The van der Waals surface area contributed by atoms with Gasteiger partial charge in [0.15, 0.2) is 0 Å². The summed E-state index contributed by atoms with van der Waals surface area (Å²) < 4.78 is 0. The predicted molar refractivity (Wildman–Crippen MR) is 73.1 cm³/mol. The maximum Gasteiger partial charge on any atom is 0.0236 e. The molecule has 0 radical (unpaired) electrons. The van der Waals surface area contributed by atoms with Gasteiger partial charge in [-0.25, -0.2) is 0 Å². The lowest BCUT2D eigenvalue weighted by molar-refractivity contribution is 0.320. The molecule has 1 fully saturated rings. The van der Waals surface area contributed by atoms with Crippen molar-refractivity contribution in [2.75, 3.05) is 18.4 Å². The maximum atomic E-state index is 3.59. The van der Waals surface area contributed by atoms with Crippen molar-refractivity contribution in [1.82, 2.24) is 4.90 Å². The van der Waals surface area contributed by atoms with Gasteiger partial charge in [-0.05, 0) is 43.9 Å². The van der Waals surface area contributed by atoms with Crippen LogP contribution in [0.2, 0.25) is 0 Å². The molecular weight excluding hydrogens is 262 g/mol. The van der Waals surface area contributed by atoms with E-state index in [2.05, 4.69) is 52.9 Å². The summed E-state index contributed by atoms with van der Waals surface area (Å²) in [7, 11) is 0. The van der Waals surface area contributed by atoms with Gasteiger partial charge in [-0.1, -0.05) is 39.7 Å². The van der Waals surface area contributed by atoms with E-state index >= 15 is 0 Å². The molecule has 1 unspecified atom stereocenters. The molecule has 1 atom stereocenters. The zero-order valence-corrected chi connectivity index (χ0v) is 11.8. The fourth-order valence-corrected chi connectivity index (χ4v) is 2.92. The molecule has 1 aromatic carbocycles. The summed E-state index contributed by atoms with van der Waals surface area (Å²) in [6.45, 7) is 8.01. The Morgan fingerprint density at radius 2 is 2.19 bits per heavy atom. The molecule has 16 heavy (non-hydrogen) atoms. The SMILES string of the molecule is Cc1ccc(C)c(CN2CCC(CBr)C2)c1. The second kappa shape index (κ2) is 5.33. The average Bonchev–Trinajstić information content (AvgIpc) is 2.71. The van der Waals surface area contributed by atoms with Gasteiger partial charge in [0.25, 0.3) is 0 Å². The minimum Gasteiger partial charge on any atom is -0.299 e. The standard InChI is InChI=1S/C14H20BrN/c1-11-3-4-12(2)14(7-11)10-16-6-5-13(8-15)9-16/h3-4,7,13H,5-6,8-10H2,1-2H3. The third kappa shape index (κ3) is 2.86. The van der Waals surface area contributed by atoms with Crippen LogP contribution in [0.4, 0.5) is 0 Å². The summed E-state index contributed by atoms with van der Waals surface area (Å²) in [5, 5.41) is 1.15. The molecule has 0 spiro atoms. The Hall–Kier alpha value is -0.340. The summed E-state index contributed by atoms with van der Waals surface area (Å²) >= 11 is 3.59. The molecule has 0 bridgehead atoms. The molecule has 0 amide bonds. The van der Waals surface area contributed by atoms with Gasteiger partial charge in [-0.2, -0.15) is 0 Å². The van der Waals surface area contributed by atoms with Gasteiger partial charge in [-0.3, -0.25) is 4.90 Å². The van der Waals surface area contributed by atoms with Crippen LogP contribution in [0, 0.1) is 19.8 Å². The largest absolute Gasteiger partial charge is 0.299 e. The lowest BCUT2D eigenvalue weighted by atomic mass is 10.1. The predicted octanol–water partition coefficient (Wildman–Crippen LogP) is 3.52. The number of rotatable bonds is 3. The third-order valence-electron chi connectivity index (χ3n) is 3.49. The lowest BCUT2D eigenvalue weighted by Crippen LogP contribution is -2.21. The van der Waals surface area contributed by atoms with E-state index in [1.165, 1.54) is 36.2 Å². The molecule has 0 aromatic heterocycles. The van der Waals surface area contributed by atoms with Gasteiger partial charge < -0.3 is 0 Å². The van der Waals surface area contributed by atoms with Crippen molar-refractivity contribution in [3.63, 3.8) is 0 Å². The molecule has 0 N–H and O–H groups in total. The van der Waals surface area contributed by atoms with Crippen LogP contribution in [-0.4, -0.2) is 23.3 Å². The minimum absolute atomic E-state index is 0.852. The first-order valence-electron chi connectivity index (χ1n) is 6.03. The van der Waals surface area contributed by atoms with E-state index in [4.69, 9.17) is 0 Å². The Morgan fingerprint density at radius 3 is 2.88 bits per heavy atom. The number of hydrogen-bond donors (Lipinski definition) is 0. The first-order chi connectivity index (χ1) is 7.69. The maximum absolute atomic E-state index is 3.59. The van der Waals surface area contributed by atoms with Gasteiger partial charge in [0.1, 0.15) is 0 Å². The molecule has 0 saturated carbocycles. The highest BCUT2D eigenvalue weighted by molar-refractivity contribution is 9.09. The second-order valence-corrected chi connectivity index (χ2v) is 5.62. The van der Waals surface area contributed by atoms with Crippen molar-refractivity contribution in [3.8, 4) is 0 Å². The van der Waals surface area contributed by atoms with Crippen LogP contribution in [-0.2, 0) is 6.54 Å². The van der Waals surface area contributed by atoms with E-state index in [0.29, 0.717) is 0 Å². The summed E-state index contributed by atoms with van der Waals surface area (Å²) in [5.74, 6) is 0.852. The van der Waals surface area contributed by atoms with Crippen molar-refractivity contribution in [1.29, 1.82) is 0 Å². The van der Waals surface area contributed by atoms with Crippen molar-refractivity contribution in [3.05, 3.63) is 34.9 Å². The van der Waals surface area contributed by atoms with Gasteiger partial charge >= 0.3 is 0 Å². The van der Waals surface area contributed by atoms with Gasteiger partial charge in [0.2, 0.25) is 0 Å². The normalized spacial score (nSPS) is 21.6. The number of alkyl halides is 1. The number of aryl methyl sites for hydroxylation is 2. The topological polar surface area (TPSA) is 3.24 Å². The zero-order valence-electron chi connectivity index (χ0n) is 10.2. The van der Waals surface area contributed by atoms with Gasteiger partial charge in [-0.15, -0.1) is 0 Å². The Labute approximate surface area is 107 Å². The smallest absolute Gasteiger partial charge is 0.0236 e. The monoisotopic (exact) mass is 281 g/mol. The fourth-order valence-electron chi connectivity index (χ4n) is 2.39. The van der Waals surface area contributed by atoms with E-state index < -0.39 is 0 Å². The summed E-state index contributed by atoms with van der Waals surface area (Å²) in [6, 6.07) is 6.77. The average molecular weight is 282 g/mol. The number of hydrogen-bond acceptors (Lipinski definition) is 1. The van der Waals surface area contributed by atoms with E-state index in [1.807, 2.05) is 0 Å². The van der Waals surface area contributed by atoms with Crippen LogP contribution in [0.15, 0.2) is 18.2 Å². The van der Waals surface area contributed by atoms with E-state index in [1.54, 1.807) is 0 Å². The Balaban J connectivity index is 2.01. The van der Waals surface area contributed by atoms with Crippen LogP contribution in [0.5, 0.6) is 0 Å². The summed E-state index contributed by atoms with van der Waals surface area (Å²) in [4.78, 5) is 2.58. The molecule has 2 heteroatoms. The molecule has 1 saturated heterocycles. The molecule has 1 heterocycles.